The second-order valence-corrected chi connectivity index (χ2v) is 15.5. The third-order valence-corrected chi connectivity index (χ3v) is 11.4. The van der Waals surface area contributed by atoms with E-state index in [-0.39, 0.29) is 26.4 Å². The van der Waals surface area contributed by atoms with Crippen LogP contribution in [0.1, 0.15) is 32.6 Å². The number of methoxy groups -OCH3 is 1. The fourth-order valence-corrected chi connectivity index (χ4v) is 8.12. The molecule has 5 aromatic rings. The van der Waals surface area contributed by atoms with Gasteiger partial charge in [0.15, 0.2) is 12.6 Å². The lowest BCUT2D eigenvalue weighted by Gasteiger charge is -2.46. The summed E-state index contributed by atoms with van der Waals surface area (Å²) in [5.74, 6) is -0.516. The van der Waals surface area contributed by atoms with Crippen molar-refractivity contribution in [2.24, 2.45) is 0 Å². The van der Waals surface area contributed by atoms with Crippen LogP contribution in [0.25, 0.3) is 0 Å². The van der Waals surface area contributed by atoms with Gasteiger partial charge in [-0.25, -0.2) is 4.79 Å². The highest BCUT2D eigenvalue weighted by Crippen LogP contribution is 2.40. The average molecular weight is 807 g/mol. The lowest BCUT2D eigenvalue weighted by atomic mass is 9.97. The smallest absolute Gasteiger partial charge is 0.338 e. The van der Waals surface area contributed by atoms with E-state index >= 15 is 0 Å². The zero-order valence-corrected chi connectivity index (χ0v) is 33.4. The summed E-state index contributed by atoms with van der Waals surface area (Å²) in [6, 6.07) is 46.4. The summed E-state index contributed by atoms with van der Waals surface area (Å²) in [6.45, 7) is 2.84. The molecule has 11 heteroatoms. The number of ether oxygens (including phenoxy) is 8. The van der Waals surface area contributed by atoms with Crippen molar-refractivity contribution in [1.29, 1.82) is 0 Å². The molecule has 1 N–H and O–H groups in total. The number of esters is 1. The minimum Gasteiger partial charge on any atom is -0.459 e. The molecule has 2 aliphatic rings. The van der Waals surface area contributed by atoms with E-state index in [0.29, 0.717) is 12.2 Å². The molecule has 0 bridgehead atoms. The first-order valence-electron chi connectivity index (χ1n) is 19.5. The van der Waals surface area contributed by atoms with E-state index in [1.165, 1.54) is 11.8 Å². The number of aliphatic hydroxyl groups is 1. The molecule has 9 atom stereocenters. The largest absolute Gasteiger partial charge is 0.459 e. The van der Waals surface area contributed by atoms with Crippen molar-refractivity contribution in [3.8, 4) is 0 Å². The Bertz CT molecular complexity index is 1950. The van der Waals surface area contributed by atoms with Crippen LogP contribution >= 0.6 is 11.8 Å². The van der Waals surface area contributed by atoms with Gasteiger partial charge in [-0.3, -0.25) is 0 Å². The van der Waals surface area contributed by atoms with Crippen LogP contribution < -0.4 is 0 Å². The van der Waals surface area contributed by atoms with Gasteiger partial charge in [0.1, 0.15) is 43.2 Å². The van der Waals surface area contributed by atoms with Crippen LogP contribution in [0.15, 0.2) is 150 Å². The lowest BCUT2D eigenvalue weighted by molar-refractivity contribution is -0.338. The SMILES string of the molecule is CO[C@H]1O[C@H](COCc2ccccc2)[C@H](OCc2ccccc2)[C@@H](O[C@@H]2O[C@H](COC(=O)c3ccccc3)[C@H](O)[C@H]2Sc2ccc(C)cc2)[C@H]1OCc1ccccc1. The molecule has 2 aliphatic heterocycles. The number of aryl methyl sites for hydroxylation is 1. The third-order valence-electron chi connectivity index (χ3n) is 10.1. The molecule has 0 aliphatic carbocycles. The van der Waals surface area contributed by atoms with E-state index < -0.39 is 60.4 Å². The number of carbonyl (C=O) groups excluding carboxylic acids is 1. The molecule has 0 spiro atoms. The molecule has 2 fully saturated rings. The number of thioether (sulfide) groups is 1. The molecule has 7 rings (SSSR count). The summed E-state index contributed by atoms with van der Waals surface area (Å²) in [5.41, 5.74) is 4.44. The van der Waals surface area contributed by atoms with E-state index in [1.807, 2.05) is 128 Å². The zero-order valence-electron chi connectivity index (χ0n) is 32.6. The molecule has 58 heavy (non-hydrogen) atoms. The molecule has 0 saturated carbocycles. The summed E-state index contributed by atoms with van der Waals surface area (Å²) in [6.07, 6.45) is -6.91. The van der Waals surface area contributed by atoms with Crippen molar-refractivity contribution in [2.45, 2.75) is 86.1 Å². The maximum atomic E-state index is 13.0. The van der Waals surface area contributed by atoms with Gasteiger partial charge < -0.3 is 43.0 Å². The highest BCUT2D eigenvalue weighted by Gasteiger charge is 2.53. The average Bonchev–Trinajstić information content (AvgIpc) is 3.56. The van der Waals surface area contributed by atoms with E-state index in [1.54, 1.807) is 31.4 Å². The molecular weight excluding hydrogens is 757 g/mol. The predicted octanol–water partition coefficient (Wildman–Crippen LogP) is 7.54. The predicted molar refractivity (Wildman–Crippen MR) is 219 cm³/mol. The summed E-state index contributed by atoms with van der Waals surface area (Å²) < 4.78 is 51.6. The molecule has 0 radical (unpaired) electrons. The normalized spacial score (nSPS) is 25.7. The van der Waals surface area contributed by atoms with Crippen LogP contribution in [0.3, 0.4) is 0 Å². The summed E-state index contributed by atoms with van der Waals surface area (Å²) in [4.78, 5) is 13.9. The Kier molecular flexibility index (Phi) is 15.1. The number of rotatable bonds is 18. The Hall–Kier alpha value is -4.40. The summed E-state index contributed by atoms with van der Waals surface area (Å²) >= 11 is 1.43. The molecule has 2 saturated heterocycles. The van der Waals surface area contributed by atoms with Crippen molar-refractivity contribution >= 4 is 17.7 Å². The Morgan fingerprint density at radius 1 is 0.621 bits per heavy atom. The highest BCUT2D eigenvalue weighted by molar-refractivity contribution is 8.00. The molecule has 0 aromatic heterocycles. The van der Waals surface area contributed by atoms with Crippen molar-refractivity contribution < 1.29 is 47.8 Å². The van der Waals surface area contributed by atoms with Gasteiger partial charge in [-0.15, -0.1) is 11.8 Å². The number of hydrogen-bond donors (Lipinski definition) is 1. The standard InChI is InChI=1S/C47H50O10S/c1-32-23-25-37(26-24-32)58-44-40(48)38(31-54-45(49)36-21-13-6-14-22-36)55-47(44)57-42-41(52-28-34-17-9-4-10-18-34)39(30-51-27-33-15-7-3-8-16-33)56-46(50-2)43(42)53-29-35-19-11-5-12-20-35/h3-26,38-44,46-48H,27-31H2,1-2H3/t38-,39-,40+,41+,42-,43-,44-,46+,47+/m1/s1. The maximum Gasteiger partial charge on any atom is 0.338 e. The number of hydrogen-bond acceptors (Lipinski definition) is 11. The highest BCUT2D eigenvalue weighted by atomic mass is 32.2. The molecule has 0 unspecified atom stereocenters. The zero-order chi connectivity index (χ0) is 40.1. The fourth-order valence-electron chi connectivity index (χ4n) is 6.95. The Morgan fingerprint density at radius 3 is 1.74 bits per heavy atom. The van der Waals surface area contributed by atoms with Gasteiger partial charge in [-0.2, -0.15) is 0 Å². The second-order valence-electron chi connectivity index (χ2n) is 14.3. The maximum absolute atomic E-state index is 13.0. The van der Waals surface area contributed by atoms with Gasteiger partial charge in [0.2, 0.25) is 0 Å². The monoisotopic (exact) mass is 806 g/mol. The minimum absolute atomic E-state index is 0.160. The third kappa shape index (κ3) is 11.2. The number of benzene rings is 5. The molecule has 5 aromatic carbocycles. The van der Waals surface area contributed by atoms with Crippen LogP contribution in [0.4, 0.5) is 0 Å². The van der Waals surface area contributed by atoms with E-state index in [2.05, 4.69) is 0 Å². The van der Waals surface area contributed by atoms with Gasteiger partial charge in [0.05, 0.1) is 37.2 Å². The van der Waals surface area contributed by atoms with Crippen molar-refractivity contribution in [2.75, 3.05) is 20.3 Å². The number of aliphatic hydroxyl groups excluding tert-OH is 1. The van der Waals surface area contributed by atoms with E-state index in [0.717, 1.165) is 27.1 Å². The first kappa shape index (κ1) is 41.7. The molecule has 10 nitrogen and oxygen atoms in total. The van der Waals surface area contributed by atoms with Crippen LogP contribution in [-0.4, -0.2) is 85.9 Å². The van der Waals surface area contributed by atoms with Gasteiger partial charge in [0, 0.05) is 12.0 Å². The summed E-state index contributed by atoms with van der Waals surface area (Å²) in [5, 5.41) is 11.3. The first-order valence-corrected chi connectivity index (χ1v) is 20.4. The Labute approximate surface area is 344 Å². The van der Waals surface area contributed by atoms with Crippen molar-refractivity contribution in [1.82, 2.24) is 0 Å². The fraction of sp³-hybridized carbons (Fsp3) is 0.340. The lowest BCUT2D eigenvalue weighted by Crippen LogP contribution is -2.62. The van der Waals surface area contributed by atoms with Crippen molar-refractivity contribution in [3.63, 3.8) is 0 Å². The van der Waals surface area contributed by atoms with Crippen LogP contribution in [0.5, 0.6) is 0 Å². The minimum atomic E-state index is -1.07. The van der Waals surface area contributed by atoms with Gasteiger partial charge in [-0.1, -0.05) is 127 Å². The topological polar surface area (TPSA) is 111 Å². The Balaban J connectivity index is 1.19. The van der Waals surface area contributed by atoms with E-state index in [4.69, 9.17) is 37.9 Å². The molecular formula is C47H50O10S. The van der Waals surface area contributed by atoms with Crippen molar-refractivity contribution in [3.05, 3.63) is 173 Å². The first-order chi connectivity index (χ1) is 28.4. The van der Waals surface area contributed by atoms with E-state index in [9.17, 15) is 9.90 Å². The van der Waals surface area contributed by atoms with Gasteiger partial charge >= 0.3 is 5.97 Å². The Morgan fingerprint density at radius 2 is 1.16 bits per heavy atom. The van der Waals surface area contributed by atoms with Gasteiger partial charge in [-0.05, 0) is 47.9 Å². The molecule has 304 valence electrons. The van der Waals surface area contributed by atoms with Crippen LogP contribution in [-0.2, 0) is 57.7 Å². The molecule has 0 amide bonds. The quantitative estimate of drug-likeness (QED) is 0.0888. The second kappa shape index (κ2) is 21.0. The van der Waals surface area contributed by atoms with Crippen LogP contribution in [0.2, 0.25) is 0 Å². The summed E-state index contributed by atoms with van der Waals surface area (Å²) in [7, 11) is 1.57. The van der Waals surface area contributed by atoms with Crippen LogP contribution in [0, 0.1) is 6.92 Å². The molecule has 2 heterocycles. The van der Waals surface area contributed by atoms with Gasteiger partial charge in [0.25, 0.3) is 0 Å². The number of carbonyl (C=O) groups is 1.